The number of likely N-dealkylation sites (tertiary alicyclic amines) is 1. The highest BCUT2D eigenvalue weighted by molar-refractivity contribution is 7.99. The Labute approximate surface area is 121 Å². The van der Waals surface area contributed by atoms with Gasteiger partial charge in [-0.2, -0.15) is 11.8 Å². The Morgan fingerprint density at radius 1 is 1.42 bits per heavy atom. The van der Waals surface area contributed by atoms with E-state index in [1.165, 1.54) is 63.4 Å². The van der Waals surface area contributed by atoms with Gasteiger partial charge in [0.05, 0.1) is 5.60 Å². The lowest BCUT2D eigenvalue weighted by atomic mass is 9.89. The maximum atomic E-state index is 6.09. The van der Waals surface area contributed by atoms with Crippen molar-refractivity contribution < 1.29 is 4.74 Å². The molecule has 1 N–H and O–H groups in total. The van der Waals surface area contributed by atoms with Gasteiger partial charge in [0.2, 0.25) is 0 Å². The van der Waals surface area contributed by atoms with Crippen LogP contribution in [0.1, 0.15) is 32.6 Å². The Balaban J connectivity index is 1.43. The number of hydrogen-bond acceptors (Lipinski definition) is 4. The lowest BCUT2D eigenvalue weighted by molar-refractivity contribution is -0.0703. The van der Waals surface area contributed by atoms with E-state index in [4.69, 9.17) is 4.74 Å². The molecule has 3 rings (SSSR count). The van der Waals surface area contributed by atoms with Crippen molar-refractivity contribution in [3.05, 3.63) is 0 Å². The molecule has 3 unspecified atom stereocenters. The summed E-state index contributed by atoms with van der Waals surface area (Å²) in [6, 6.07) is 0.697. The summed E-state index contributed by atoms with van der Waals surface area (Å²) in [6.45, 7) is 8.27. The van der Waals surface area contributed by atoms with Crippen LogP contribution < -0.4 is 5.32 Å². The van der Waals surface area contributed by atoms with Gasteiger partial charge < -0.3 is 15.0 Å². The first-order valence-corrected chi connectivity index (χ1v) is 9.12. The number of hydrogen-bond donors (Lipinski definition) is 1. The van der Waals surface area contributed by atoms with Gasteiger partial charge in [-0.3, -0.25) is 0 Å². The fourth-order valence-corrected chi connectivity index (χ4v) is 5.14. The Morgan fingerprint density at radius 2 is 2.37 bits per heavy atom. The average Bonchev–Trinajstić information content (AvgIpc) is 3.06. The van der Waals surface area contributed by atoms with Gasteiger partial charge in [0.1, 0.15) is 0 Å². The fourth-order valence-electron chi connectivity index (χ4n) is 3.77. The molecule has 0 radical (unpaired) electrons. The molecule has 0 saturated carbocycles. The van der Waals surface area contributed by atoms with Gasteiger partial charge in [0, 0.05) is 24.9 Å². The van der Waals surface area contributed by atoms with Crippen molar-refractivity contribution in [1.29, 1.82) is 0 Å². The van der Waals surface area contributed by atoms with Crippen molar-refractivity contribution in [2.24, 2.45) is 5.92 Å². The highest BCUT2D eigenvalue weighted by Crippen LogP contribution is 2.38. The Bertz CT molecular complexity index is 294. The Morgan fingerprint density at radius 3 is 3.11 bits per heavy atom. The molecule has 3 aliphatic heterocycles. The van der Waals surface area contributed by atoms with Crippen LogP contribution in [0.5, 0.6) is 0 Å². The minimum atomic E-state index is 0.228. The largest absolute Gasteiger partial charge is 0.374 e. The molecule has 3 fully saturated rings. The highest BCUT2D eigenvalue weighted by Gasteiger charge is 2.40. The zero-order valence-corrected chi connectivity index (χ0v) is 13.0. The zero-order valence-electron chi connectivity index (χ0n) is 12.2. The van der Waals surface area contributed by atoms with Crippen LogP contribution in [0.15, 0.2) is 0 Å². The van der Waals surface area contributed by atoms with E-state index in [0.29, 0.717) is 6.04 Å². The standard InChI is InChI=1S/C15H28N2OS/c1-2-17-6-3-13(11-17)10-16-14-4-7-18-15(9-14)5-8-19-12-15/h13-14,16H,2-12H2,1H3. The lowest BCUT2D eigenvalue weighted by Gasteiger charge is -2.38. The number of thioether (sulfide) groups is 1. The maximum absolute atomic E-state index is 6.09. The summed E-state index contributed by atoms with van der Waals surface area (Å²) in [7, 11) is 0. The number of ether oxygens (including phenoxy) is 1. The molecule has 1 spiro atoms. The van der Waals surface area contributed by atoms with Crippen LogP contribution in [0.3, 0.4) is 0 Å². The first-order chi connectivity index (χ1) is 9.30. The van der Waals surface area contributed by atoms with Gasteiger partial charge in [-0.25, -0.2) is 0 Å². The molecule has 3 heterocycles. The second kappa shape index (κ2) is 6.33. The minimum Gasteiger partial charge on any atom is -0.374 e. The first kappa shape index (κ1) is 14.2. The Kier molecular flexibility index (Phi) is 4.73. The van der Waals surface area contributed by atoms with Crippen LogP contribution in [0.4, 0.5) is 0 Å². The first-order valence-electron chi connectivity index (χ1n) is 7.97. The summed E-state index contributed by atoms with van der Waals surface area (Å²) in [5, 5.41) is 3.84. The molecule has 3 atom stereocenters. The molecule has 4 heteroatoms. The fraction of sp³-hybridized carbons (Fsp3) is 1.00. The van der Waals surface area contributed by atoms with Crippen LogP contribution in [-0.2, 0) is 4.74 Å². The van der Waals surface area contributed by atoms with E-state index in [1.54, 1.807) is 0 Å². The van der Waals surface area contributed by atoms with Crippen molar-refractivity contribution in [2.45, 2.75) is 44.2 Å². The average molecular weight is 284 g/mol. The molecule has 3 saturated heterocycles. The van der Waals surface area contributed by atoms with Crippen molar-refractivity contribution >= 4 is 11.8 Å². The molecule has 0 amide bonds. The molecule has 19 heavy (non-hydrogen) atoms. The quantitative estimate of drug-likeness (QED) is 0.853. The predicted molar refractivity (Wildman–Crippen MR) is 81.9 cm³/mol. The van der Waals surface area contributed by atoms with Gasteiger partial charge >= 0.3 is 0 Å². The van der Waals surface area contributed by atoms with Crippen LogP contribution >= 0.6 is 11.8 Å². The lowest BCUT2D eigenvalue weighted by Crippen LogP contribution is -2.48. The summed E-state index contributed by atoms with van der Waals surface area (Å²) in [4.78, 5) is 2.57. The van der Waals surface area contributed by atoms with Crippen LogP contribution in [0.25, 0.3) is 0 Å². The van der Waals surface area contributed by atoms with Crippen LogP contribution in [0, 0.1) is 5.92 Å². The molecule has 110 valence electrons. The van der Waals surface area contributed by atoms with Crippen molar-refractivity contribution in [2.75, 3.05) is 44.3 Å². The summed E-state index contributed by atoms with van der Waals surface area (Å²) in [6.07, 6.45) is 5.09. The molecule has 0 aliphatic carbocycles. The summed E-state index contributed by atoms with van der Waals surface area (Å²) >= 11 is 2.07. The van der Waals surface area contributed by atoms with Crippen molar-refractivity contribution in [3.8, 4) is 0 Å². The molecular formula is C15H28N2OS. The van der Waals surface area contributed by atoms with E-state index in [1.807, 2.05) is 0 Å². The van der Waals surface area contributed by atoms with Gasteiger partial charge in [-0.05, 0) is 57.0 Å². The summed E-state index contributed by atoms with van der Waals surface area (Å²) in [5.74, 6) is 3.38. The molecule has 3 nitrogen and oxygen atoms in total. The minimum absolute atomic E-state index is 0.228. The third kappa shape index (κ3) is 3.46. The molecular weight excluding hydrogens is 256 g/mol. The Hall–Kier alpha value is 0.230. The summed E-state index contributed by atoms with van der Waals surface area (Å²) < 4.78 is 6.09. The van der Waals surface area contributed by atoms with E-state index >= 15 is 0 Å². The molecule has 0 aromatic rings. The van der Waals surface area contributed by atoms with Crippen LogP contribution in [0.2, 0.25) is 0 Å². The number of rotatable bonds is 4. The van der Waals surface area contributed by atoms with E-state index in [2.05, 4.69) is 28.9 Å². The smallest absolute Gasteiger partial charge is 0.0795 e. The zero-order chi connectivity index (χ0) is 13.1. The maximum Gasteiger partial charge on any atom is 0.0795 e. The SMILES string of the molecule is CCN1CCC(CNC2CCOC3(CCSC3)C2)C1. The number of nitrogens with one attached hydrogen (secondary N) is 1. The number of nitrogens with zero attached hydrogens (tertiary/aromatic N) is 1. The highest BCUT2D eigenvalue weighted by atomic mass is 32.2. The van der Waals surface area contributed by atoms with E-state index in [0.717, 1.165) is 12.5 Å². The van der Waals surface area contributed by atoms with E-state index < -0.39 is 0 Å². The monoisotopic (exact) mass is 284 g/mol. The molecule has 3 aliphatic rings. The topological polar surface area (TPSA) is 24.5 Å². The normalized spacial score (nSPS) is 40.3. The molecule has 0 aromatic heterocycles. The third-order valence-corrected chi connectivity index (χ3v) is 6.30. The van der Waals surface area contributed by atoms with Gasteiger partial charge in [-0.15, -0.1) is 0 Å². The van der Waals surface area contributed by atoms with Crippen molar-refractivity contribution in [3.63, 3.8) is 0 Å². The van der Waals surface area contributed by atoms with Gasteiger partial charge in [0.15, 0.2) is 0 Å². The predicted octanol–water partition coefficient (Wildman–Crippen LogP) is 1.97. The molecule has 0 aromatic carbocycles. The van der Waals surface area contributed by atoms with Gasteiger partial charge in [-0.1, -0.05) is 6.92 Å². The van der Waals surface area contributed by atoms with Crippen molar-refractivity contribution in [1.82, 2.24) is 10.2 Å². The summed E-state index contributed by atoms with van der Waals surface area (Å²) in [5.41, 5.74) is 0.228. The molecule has 0 bridgehead atoms. The van der Waals surface area contributed by atoms with Crippen LogP contribution in [-0.4, -0.2) is 60.8 Å². The second-order valence-corrected chi connectivity index (χ2v) is 7.59. The van der Waals surface area contributed by atoms with Gasteiger partial charge in [0.25, 0.3) is 0 Å². The third-order valence-electron chi connectivity index (χ3n) is 5.07. The second-order valence-electron chi connectivity index (χ2n) is 6.48. The van der Waals surface area contributed by atoms with E-state index in [-0.39, 0.29) is 5.60 Å². The van der Waals surface area contributed by atoms with E-state index in [9.17, 15) is 0 Å².